The minimum Gasteiger partial charge on any atom is -0.506 e. The van der Waals surface area contributed by atoms with E-state index < -0.39 is 29.5 Å². The molecule has 1 saturated heterocycles. The molecule has 1 aromatic heterocycles. The third kappa shape index (κ3) is 4.28. The molecule has 5 nitrogen and oxygen atoms in total. The summed E-state index contributed by atoms with van der Waals surface area (Å²) in [6, 6.07) is 4.90. The van der Waals surface area contributed by atoms with Crippen LogP contribution in [0.1, 0.15) is 36.6 Å². The van der Waals surface area contributed by atoms with Crippen LogP contribution < -0.4 is 5.32 Å². The molecule has 2 amide bonds. The van der Waals surface area contributed by atoms with Gasteiger partial charge in [-0.05, 0) is 49.7 Å². The number of carbonyl (C=O) groups is 1. The van der Waals surface area contributed by atoms with Gasteiger partial charge in [-0.1, -0.05) is 0 Å². The second-order valence-corrected chi connectivity index (χ2v) is 7.29. The molecule has 2 unspecified atom stereocenters. The molecule has 3 rings (SSSR count). The van der Waals surface area contributed by atoms with Gasteiger partial charge in [0, 0.05) is 37.3 Å². The van der Waals surface area contributed by atoms with Crippen LogP contribution in [0.4, 0.5) is 28.0 Å². The lowest BCUT2D eigenvalue weighted by atomic mass is 9.85. The van der Waals surface area contributed by atoms with Gasteiger partial charge < -0.3 is 15.3 Å². The van der Waals surface area contributed by atoms with E-state index in [1.165, 1.54) is 36.2 Å². The van der Waals surface area contributed by atoms with Crippen LogP contribution in [-0.2, 0) is 11.8 Å². The number of halogens is 4. The number of aromatic nitrogens is 1. The second-order valence-electron chi connectivity index (χ2n) is 7.29. The topological polar surface area (TPSA) is 65.5 Å². The molecule has 2 atom stereocenters. The van der Waals surface area contributed by atoms with Crippen molar-refractivity contribution in [2.75, 3.05) is 11.9 Å². The molecule has 1 aliphatic rings. The first kappa shape index (κ1) is 20.9. The molecule has 0 aliphatic carbocycles. The summed E-state index contributed by atoms with van der Waals surface area (Å²) >= 11 is 0. The van der Waals surface area contributed by atoms with Gasteiger partial charge >= 0.3 is 12.2 Å². The molecule has 2 N–H and O–H groups in total. The largest absolute Gasteiger partial charge is 0.506 e. The van der Waals surface area contributed by atoms with Gasteiger partial charge in [-0.2, -0.15) is 13.2 Å². The molecule has 0 bridgehead atoms. The van der Waals surface area contributed by atoms with Gasteiger partial charge in [0.2, 0.25) is 0 Å². The number of piperidine rings is 1. The SMILES string of the molecule is Cc1cc(C(F)(F)F)ccc1NC(=O)N1CCC(F)(c2ncccc2O)CC1C. The van der Waals surface area contributed by atoms with Crippen molar-refractivity contribution in [1.82, 2.24) is 9.88 Å². The number of pyridine rings is 1. The van der Waals surface area contributed by atoms with Gasteiger partial charge in [0.25, 0.3) is 0 Å². The number of aromatic hydroxyl groups is 1. The fourth-order valence-corrected chi connectivity index (χ4v) is 3.62. The number of rotatable bonds is 2. The van der Waals surface area contributed by atoms with Crippen molar-refractivity contribution in [3.63, 3.8) is 0 Å². The maximum Gasteiger partial charge on any atom is 0.416 e. The Labute approximate surface area is 165 Å². The van der Waals surface area contributed by atoms with Crippen LogP contribution in [-0.4, -0.2) is 33.6 Å². The molecular weight excluding hydrogens is 390 g/mol. The summed E-state index contributed by atoms with van der Waals surface area (Å²) in [6.07, 6.45) is -3.18. The zero-order valence-corrected chi connectivity index (χ0v) is 15.9. The van der Waals surface area contributed by atoms with E-state index in [0.717, 1.165) is 12.1 Å². The molecule has 0 spiro atoms. The summed E-state index contributed by atoms with van der Waals surface area (Å²) in [5, 5.41) is 12.5. The molecule has 0 radical (unpaired) electrons. The van der Waals surface area contributed by atoms with Gasteiger partial charge in [-0.15, -0.1) is 0 Å². The highest BCUT2D eigenvalue weighted by atomic mass is 19.4. The number of nitrogens with zero attached hydrogens (tertiary/aromatic N) is 2. The average Bonchev–Trinajstić information content (AvgIpc) is 2.62. The Morgan fingerprint density at radius 3 is 2.66 bits per heavy atom. The third-order valence-corrected chi connectivity index (χ3v) is 5.17. The van der Waals surface area contributed by atoms with Gasteiger partial charge in [0.1, 0.15) is 11.4 Å². The normalized spacial score (nSPS) is 22.4. The predicted molar refractivity (Wildman–Crippen MR) is 99.3 cm³/mol. The second kappa shape index (κ2) is 7.53. The highest BCUT2D eigenvalue weighted by Crippen LogP contribution is 2.42. The number of carbonyl (C=O) groups excluding carboxylic acids is 1. The first-order valence-electron chi connectivity index (χ1n) is 9.10. The standard InChI is InChI=1S/C20H21F4N3O2/c1-12-10-14(20(22,23)24)5-6-15(12)26-18(29)27-9-7-19(21,11-13(27)2)17-16(28)4-3-8-25-17/h3-6,8,10,13,28H,7,9,11H2,1-2H3,(H,26,29). The first-order valence-corrected chi connectivity index (χ1v) is 9.10. The van der Waals surface area contributed by atoms with E-state index in [2.05, 4.69) is 10.3 Å². The van der Waals surface area contributed by atoms with Crippen molar-refractivity contribution in [2.24, 2.45) is 0 Å². The molecule has 0 saturated carbocycles. The van der Waals surface area contributed by atoms with Crippen molar-refractivity contribution < 1.29 is 27.5 Å². The summed E-state index contributed by atoms with van der Waals surface area (Å²) < 4.78 is 53.8. The minimum absolute atomic E-state index is 0.0505. The summed E-state index contributed by atoms with van der Waals surface area (Å²) in [7, 11) is 0. The van der Waals surface area contributed by atoms with Gasteiger partial charge in [-0.3, -0.25) is 4.98 Å². The molecule has 1 fully saturated rings. The maximum atomic E-state index is 15.4. The minimum atomic E-state index is -4.46. The number of hydrogen-bond acceptors (Lipinski definition) is 3. The number of aryl methyl sites for hydroxylation is 1. The van der Waals surface area contributed by atoms with Crippen molar-refractivity contribution in [2.45, 2.75) is 44.6 Å². The smallest absolute Gasteiger partial charge is 0.416 e. The number of hydrogen-bond donors (Lipinski definition) is 2. The van der Waals surface area contributed by atoms with Crippen LogP contribution >= 0.6 is 0 Å². The maximum absolute atomic E-state index is 15.4. The Morgan fingerprint density at radius 1 is 1.34 bits per heavy atom. The van der Waals surface area contributed by atoms with Crippen molar-refractivity contribution in [1.29, 1.82) is 0 Å². The fourth-order valence-electron chi connectivity index (χ4n) is 3.62. The van der Waals surface area contributed by atoms with Crippen molar-refractivity contribution >= 4 is 11.7 Å². The number of anilines is 1. The first-order chi connectivity index (χ1) is 13.5. The lowest BCUT2D eigenvalue weighted by Gasteiger charge is -2.40. The van der Waals surface area contributed by atoms with Crippen LogP contribution in [0.15, 0.2) is 36.5 Å². The van der Waals surface area contributed by atoms with Crippen molar-refractivity contribution in [3.05, 3.63) is 53.3 Å². The number of likely N-dealkylation sites (tertiary alicyclic amines) is 1. The van der Waals surface area contributed by atoms with Crippen LogP contribution in [0.3, 0.4) is 0 Å². The lowest BCUT2D eigenvalue weighted by molar-refractivity contribution is -0.137. The molecule has 9 heteroatoms. The van der Waals surface area contributed by atoms with E-state index in [1.54, 1.807) is 6.92 Å². The molecular formula is C20H21F4N3O2. The Bertz CT molecular complexity index is 919. The number of urea groups is 1. The third-order valence-electron chi connectivity index (χ3n) is 5.17. The monoisotopic (exact) mass is 411 g/mol. The zero-order valence-electron chi connectivity index (χ0n) is 15.9. The van der Waals surface area contributed by atoms with Crippen molar-refractivity contribution in [3.8, 4) is 5.75 Å². The Balaban J connectivity index is 1.71. The molecule has 2 heterocycles. The van der Waals surface area contributed by atoms with E-state index in [4.69, 9.17) is 0 Å². The summed E-state index contributed by atoms with van der Waals surface area (Å²) in [6.45, 7) is 3.22. The zero-order chi connectivity index (χ0) is 21.4. The molecule has 29 heavy (non-hydrogen) atoms. The number of alkyl halides is 4. The van der Waals surface area contributed by atoms with E-state index in [-0.39, 0.29) is 42.1 Å². The van der Waals surface area contributed by atoms with E-state index in [0.29, 0.717) is 0 Å². The summed E-state index contributed by atoms with van der Waals surface area (Å²) in [4.78, 5) is 18.0. The highest BCUT2D eigenvalue weighted by molar-refractivity contribution is 5.90. The predicted octanol–water partition coefficient (Wildman–Crippen LogP) is 5.00. The Hall–Kier alpha value is -2.84. The van der Waals surface area contributed by atoms with Gasteiger partial charge in [0.05, 0.1) is 5.56 Å². The highest BCUT2D eigenvalue weighted by Gasteiger charge is 2.44. The van der Waals surface area contributed by atoms with E-state index in [9.17, 15) is 23.1 Å². The summed E-state index contributed by atoms with van der Waals surface area (Å²) in [5.41, 5.74) is -2.18. The van der Waals surface area contributed by atoms with Gasteiger partial charge in [0.15, 0.2) is 5.67 Å². The fraction of sp³-hybridized carbons (Fsp3) is 0.400. The quantitative estimate of drug-likeness (QED) is 0.684. The Kier molecular flexibility index (Phi) is 5.42. The molecule has 2 aromatic rings. The molecule has 156 valence electrons. The van der Waals surface area contributed by atoms with Crippen LogP contribution in [0.25, 0.3) is 0 Å². The molecule has 1 aliphatic heterocycles. The number of amides is 2. The van der Waals surface area contributed by atoms with Gasteiger partial charge in [-0.25, -0.2) is 9.18 Å². The van der Waals surface area contributed by atoms with E-state index >= 15 is 4.39 Å². The molecule has 1 aromatic carbocycles. The van der Waals surface area contributed by atoms with Crippen LogP contribution in [0.5, 0.6) is 5.75 Å². The van der Waals surface area contributed by atoms with E-state index in [1.807, 2.05) is 0 Å². The summed E-state index contributed by atoms with van der Waals surface area (Å²) in [5.74, 6) is -0.236. The van der Waals surface area contributed by atoms with Crippen LogP contribution in [0.2, 0.25) is 0 Å². The Morgan fingerprint density at radius 2 is 2.07 bits per heavy atom. The lowest BCUT2D eigenvalue weighted by Crippen LogP contribution is -2.50. The number of benzene rings is 1. The van der Waals surface area contributed by atoms with Crippen LogP contribution in [0, 0.1) is 6.92 Å². The average molecular weight is 411 g/mol. The number of nitrogens with one attached hydrogen (secondary N) is 1.